The van der Waals surface area contributed by atoms with E-state index >= 15 is 0 Å². The van der Waals surface area contributed by atoms with E-state index in [4.69, 9.17) is 4.52 Å². The average molecular weight is 300 g/mol. The van der Waals surface area contributed by atoms with Crippen LogP contribution in [0.15, 0.2) is 47.1 Å². The highest BCUT2D eigenvalue weighted by atomic mass is 19.1. The summed E-state index contributed by atoms with van der Waals surface area (Å²) in [4.78, 5) is 12.0. The molecular formula is C15H13FN4O2. The fraction of sp³-hybridized carbons (Fsp3) is 0.133. The number of rotatable bonds is 4. The van der Waals surface area contributed by atoms with E-state index in [9.17, 15) is 9.18 Å². The number of aryl methyl sites for hydroxylation is 1. The molecule has 0 atom stereocenters. The third-order valence-corrected chi connectivity index (χ3v) is 3.22. The third-order valence-electron chi connectivity index (χ3n) is 3.22. The predicted octanol–water partition coefficient (Wildman–Crippen LogP) is 2.14. The molecular weight excluding hydrogens is 287 g/mol. The minimum absolute atomic E-state index is 0.168. The molecule has 3 rings (SSSR count). The van der Waals surface area contributed by atoms with Gasteiger partial charge in [0.05, 0.1) is 12.2 Å². The Labute approximate surface area is 125 Å². The van der Waals surface area contributed by atoms with Gasteiger partial charge < -0.3 is 9.84 Å². The zero-order chi connectivity index (χ0) is 15.5. The monoisotopic (exact) mass is 300 g/mol. The number of amides is 1. The second kappa shape index (κ2) is 5.80. The number of halogens is 1. The lowest BCUT2D eigenvalue weighted by Gasteiger charge is -2.02. The topological polar surface area (TPSA) is 73.0 Å². The smallest absolute Gasteiger partial charge is 0.273 e. The lowest BCUT2D eigenvalue weighted by Crippen LogP contribution is -2.24. The van der Waals surface area contributed by atoms with Crippen molar-refractivity contribution in [1.82, 2.24) is 20.3 Å². The summed E-state index contributed by atoms with van der Waals surface area (Å²) in [6.07, 6.45) is 1.66. The Balaban J connectivity index is 1.69. The summed E-state index contributed by atoms with van der Waals surface area (Å²) < 4.78 is 19.7. The van der Waals surface area contributed by atoms with E-state index in [1.165, 1.54) is 18.2 Å². The van der Waals surface area contributed by atoms with Gasteiger partial charge in [-0.2, -0.15) is 5.10 Å². The van der Waals surface area contributed by atoms with Gasteiger partial charge in [0.2, 0.25) is 0 Å². The van der Waals surface area contributed by atoms with Crippen LogP contribution in [0.1, 0.15) is 16.2 Å². The summed E-state index contributed by atoms with van der Waals surface area (Å²) >= 11 is 0. The molecule has 0 aliphatic carbocycles. The van der Waals surface area contributed by atoms with E-state index in [1.54, 1.807) is 30.1 Å². The van der Waals surface area contributed by atoms with Gasteiger partial charge in [-0.25, -0.2) is 4.39 Å². The van der Waals surface area contributed by atoms with Crippen LogP contribution in [0.25, 0.3) is 11.3 Å². The SMILES string of the molecule is Cn1nccc1CNC(=O)c1cc(-c2ccc(F)cc2)on1. The van der Waals surface area contributed by atoms with Crippen LogP contribution in [0.4, 0.5) is 4.39 Å². The highest BCUT2D eigenvalue weighted by Crippen LogP contribution is 2.20. The normalized spacial score (nSPS) is 10.6. The van der Waals surface area contributed by atoms with Gasteiger partial charge in [0.15, 0.2) is 11.5 Å². The van der Waals surface area contributed by atoms with Crippen molar-refractivity contribution in [3.63, 3.8) is 0 Å². The number of aromatic nitrogens is 3. The van der Waals surface area contributed by atoms with E-state index in [-0.39, 0.29) is 17.4 Å². The first kappa shape index (κ1) is 14.0. The Morgan fingerprint density at radius 1 is 1.32 bits per heavy atom. The Hall–Kier alpha value is -2.96. The number of hydrogen-bond donors (Lipinski definition) is 1. The molecule has 1 amide bonds. The standard InChI is InChI=1S/C15H13FN4O2/c1-20-12(6-7-18-20)9-17-15(21)13-8-14(22-19-13)10-2-4-11(16)5-3-10/h2-8H,9H2,1H3,(H,17,21). The van der Waals surface area contributed by atoms with Gasteiger partial charge in [0.1, 0.15) is 5.82 Å². The second-order valence-electron chi connectivity index (χ2n) is 4.71. The quantitative estimate of drug-likeness (QED) is 0.801. The molecule has 0 aliphatic heterocycles. The molecule has 112 valence electrons. The lowest BCUT2D eigenvalue weighted by atomic mass is 10.1. The highest BCUT2D eigenvalue weighted by molar-refractivity contribution is 5.93. The fourth-order valence-corrected chi connectivity index (χ4v) is 1.97. The van der Waals surface area contributed by atoms with E-state index < -0.39 is 0 Å². The van der Waals surface area contributed by atoms with Gasteiger partial charge in [0, 0.05) is 24.9 Å². The zero-order valence-corrected chi connectivity index (χ0v) is 11.8. The van der Waals surface area contributed by atoms with Crippen LogP contribution >= 0.6 is 0 Å². The molecule has 0 spiro atoms. The van der Waals surface area contributed by atoms with Crippen molar-refractivity contribution in [2.75, 3.05) is 0 Å². The van der Waals surface area contributed by atoms with Gasteiger partial charge in [-0.1, -0.05) is 5.16 Å². The molecule has 1 N–H and O–H groups in total. The summed E-state index contributed by atoms with van der Waals surface area (Å²) in [5.74, 6) is -0.276. The van der Waals surface area contributed by atoms with Crippen molar-refractivity contribution in [2.45, 2.75) is 6.54 Å². The molecule has 1 aromatic carbocycles. The number of nitrogens with one attached hydrogen (secondary N) is 1. The highest BCUT2D eigenvalue weighted by Gasteiger charge is 2.14. The molecule has 22 heavy (non-hydrogen) atoms. The number of nitrogens with zero attached hydrogens (tertiary/aromatic N) is 3. The summed E-state index contributed by atoms with van der Waals surface area (Å²) in [5, 5.41) is 10.5. The molecule has 0 aliphatic rings. The number of carbonyl (C=O) groups excluding carboxylic acids is 1. The van der Waals surface area contributed by atoms with Crippen molar-refractivity contribution < 1.29 is 13.7 Å². The van der Waals surface area contributed by atoms with Gasteiger partial charge in [0.25, 0.3) is 5.91 Å². The first-order chi connectivity index (χ1) is 10.6. The Morgan fingerprint density at radius 3 is 2.77 bits per heavy atom. The van der Waals surface area contributed by atoms with Gasteiger partial charge in [-0.3, -0.25) is 9.48 Å². The minimum Gasteiger partial charge on any atom is -0.355 e. The number of carbonyl (C=O) groups is 1. The zero-order valence-electron chi connectivity index (χ0n) is 11.8. The molecule has 2 aromatic heterocycles. The van der Waals surface area contributed by atoms with Crippen LogP contribution in [0, 0.1) is 5.82 Å². The molecule has 0 bridgehead atoms. The molecule has 7 heteroatoms. The molecule has 0 saturated carbocycles. The summed E-state index contributed by atoms with van der Waals surface area (Å²) in [5.41, 5.74) is 1.69. The van der Waals surface area contributed by atoms with Crippen LogP contribution in [0.3, 0.4) is 0 Å². The molecule has 0 unspecified atom stereocenters. The maximum Gasteiger partial charge on any atom is 0.273 e. The van der Waals surface area contributed by atoms with Crippen LogP contribution in [-0.2, 0) is 13.6 Å². The molecule has 0 saturated heterocycles. The molecule has 0 radical (unpaired) electrons. The van der Waals surface area contributed by atoms with Crippen molar-refractivity contribution in [2.24, 2.45) is 7.05 Å². The Morgan fingerprint density at radius 2 is 2.09 bits per heavy atom. The first-order valence-corrected chi connectivity index (χ1v) is 6.61. The minimum atomic E-state index is -0.349. The average Bonchev–Trinajstić information content (AvgIpc) is 3.15. The molecule has 6 nitrogen and oxygen atoms in total. The Bertz CT molecular complexity index is 792. The molecule has 2 heterocycles. The van der Waals surface area contributed by atoms with Crippen molar-refractivity contribution in [3.8, 4) is 11.3 Å². The summed E-state index contributed by atoms with van der Waals surface area (Å²) in [6, 6.07) is 9.10. The third kappa shape index (κ3) is 2.88. The largest absolute Gasteiger partial charge is 0.355 e. The van der Waals surface area contributed by atoms with E-state index in [0.29, 0.717) is 17.9 Å². The lowest BCUT2D eigenvalue weighted by molar-refractivity contribution is 0.0941. The van der Waals surface area contributed by atoms with Crippen LogP contribution in [0.5, 0.6) is 0 Å². The molecule has 3 aromatic rings. The van der Waals surface area contributed by atoms with E-state index in [2.05, 4.69) is 15.6 Å². The maximum absolute atomic E-state index is 12.9. The number of hydrogen-bond acceptors (Lipinski definition) is 4. The predicted molar refractivity (Wildman–Crippen MR) is 76.3 cm³/mol. The molecule has 0 fully saturated rings. The second-order valence-corrected chi connectivity index (χ2v) is 4.71. The Kier molecular flexibility index (Phi) is 3.69. The maximum atomic E-state index is 12.9. The van der Waals surface area contributed by atoms with Crippen LogP contribution < -0.4 is 5.32 Å². The van der Waals surface area contributed by atoms with E-state index in [1.807, 2.05) is 6.07 Å². The van der Waals surface area contributed by atoms with Gasteiger partial charge in [-0.05, 0) is 30.3 Å². The fourth-order valence-electron chi connectivity index (χ4n) is 1.97. The first-order valence-electron chi connectivity index (χ1n) is 6.61. The van der Waals surface area contributed by atoms with Gasteiger partial charge >= 0.3 is 0 Å². The number of benzene rings is 1. The summed E-state index contributed by atoms with van der Waals surface area (Å²) in [7, 11) is 1.80. The van der Waals surface area contributed by atoms with E-state index in [0.717, 1.165) is 5.69 Å². The van der Waals surface area contributed by atoms with Gasteiger partial charge in [-0.15, -0.1) is 0 Å². The van der Waals surface area contributed by atoms with Crippen LogP contribution in [-0.4, -0.2) is 20.8 Å². The van der Waals surface area contributed by atoms with Crippen molar-refractivity contribution >= 4 is 5.91 Å². The van der Waals surface area contributed by atoms with Crippen molar-refractivity contribution in [3.05, 3.63) is 59.8 Å². The summed E-state index contributed by atoms with van der Waals surface area (Å²) in [6.45, 7) is 0.341. The van der Waals surface area contributed by atoms with Crippen LogP contribution in [0.2, 0.25) is 0 Å². The van der Waals surface area contributed by atoms with Crippen molar-refractivity contribution in [1.29, 1.82) is 0 Å².